The molecule has 0 aliphatic rings. The molecule has 0 aromatic heterocycles. The van der Waals surface area contributed by atoms with Crippen molar-refractivity contribution in [3.63, 3.8) is 0 Å². The largest absolute Gasteiger partial charge is 0.0976 e. The maximum absolute atomic E-state index is 6.09. The molecule has 0 unspecified atom stereocenters. The summed E-state index contributed by atoms with van der Waals surface area (Å²) in [4.78, 5) is 0. The number of hydrogen-bond acceptors (Lipinski definition) is 0. The van der Waals surface area contributed by atoms with Crippen LogP contribution in [0.3, 0.4) is 0 Å². The first kappa shape index (κ1) is 11.8. The molecule has 0 spiro atoms. The minimum atomic E-state index is 0.678. The highest BCUT2D eigenvalue weighted by Crippen LogP contribution is 2.23. The Morgan fingerprint density at radius 1 is 1.27 bits per heavy atom. The smallest absolute Gasteiger partial charge is 0.0478 e. The average molecular weight is 219 g/mol. The lowest BCUT2D eigenvalue weighted by molar-refractivity contribution is 1.45. The molecule has 1 aromatic rings. The molecule has 0 bridgehead atoms. The first-order chi connectivity index (χ1) is 7.19. The summed E-state index contributed by atoms with van der Waals surface area (Å²) in [6, 6.07) is 8.28. The first-order valence-corrected chi connectivity index (χ1v) is 5.28. The van der Waals surface area contributed by atoms with Crippen molar-refractivity contribution in [3.05, 3.63) is 65.2 Å². The van der Waals surface area contributed by atoms with E-state index in [-0.39, 0.29) is 0 Å². The Morgan fingerprint density at radius 3 is 2.33 bits per heavy atom. The number of halogens is 1. The molecule has 0 aliphatic carbocycles. The zero-order valence-corrected chi connectivity index (χ0v) is 9.88. The van der Waals surface area contributed by atoms with Gasteiger partial charge in [-0.15, -0.1) is 0 Å². The molecular formula is C14H15Cl. The van der Waals surface area contributed by atoms with E-state index in [1.54, 1.807) is 6.08 Å². The molecule has 0 amide bonds. The Kier molecular flexibility index (Phi) is 4.38. The predicted molar refractivity (Wildman–Crippen MR) is 69.0 cm³/mol. The SMILES string of the molecule is C=C/C(Cl)=C(\C=C/C)c1ccc(C)cc1. The van der Waals surface area contributed by atoms with Gasteiger partial charge in [0.2, 0.25) is 0 Å². The summed E-state index contributed by atoms with van der Waals surface area (Å²) in [5.74, 6) is 0. The Bertz CT molecular complexity index is 394. The third-order valence-corrected chi connectivity index (χ3v) is 2.49. The van der Waals surface area contributed by atoms with Crippen LogP contribution in [0.15, 0.2) is 54.1 Å². The van der Waals surface area contributed by atoms with E-state index in [0.29, 0.717) is 5.03 Å². The maximum atomic E-state index is 6.09. The van der Waals surface area contributed by atoms with Gasteiger partial charge in [-0.25, -0.2) is 0 Å². The van der Waals surface area contributed by atoms with E-state index in [2.05, 4.69) is 37.8 Å². The van der Waals surface area contributed by atoms with Crippen molar-refractivity contribution in [1.29, 1.82) is 0 Å². The summed E-state index contributed by atoms with van der Waals surface area (Å²) in [6.45, 7) is 7.72. The number of hydrogen-bond donors (Lipinski definition) is 0. The van der Waals surface area contributed by atoms with Crippen LogP contribution in [0.2, 0.25) is 0 Å². The molecule has 0 radical (unpaired) electrons. The van der Waals surface area contributed by atoms with Gasteiger partial charge in [0.15, 0.2) is 0 Å². The zero-order valence-electron chi connectivity index (χ0n) is 9.13. The monoisotopic (exact) mass is 218 g/mol. The predicted octanol–water partition coefficient (Wildman–Crippen LogP) is 4.71. The van der Waals surface area contributed by atoms with Gasteiger partial charge in [0.25, 0.3) is 0 Å². The lowest BCUT2D eigenvalue weighted by atomic mass is 10.0. The molecule has 1 aromatic carbocycles. The fourth-order valence-corrected chi connectivity index (χ4v) is 1.50. The van der Waals surface area contributed by atoms with Gasteiger partial charge in [0.1, 0.15) is 0 Å². The third kappa shape index (κ3) is 3.10. The molecule has 15 heavy (non-hydrogen) atoms. The van der Waals surface area contributed by atoms with Crippen molar-refractivity contribution in [3.8, 4) is 0 Å². The fourth-order valence-electron chi connectivity index (χ4n) is 1.32. The normalized spacial score (nSPS) is 12.7. The number of allylic oxidation sites excluding steroid dienone is 5. The van der Waals surface area contributed by atoms with Crippen molar-refractivity contribution in [2.24, 2.45) is 0 Å². The van der Waals surface area contributed by atoms with Gasteiger partial charge < -0.3 is 0 Å². The molecule has 0 N–H and O–H groups in total. The van der Waals surface area contributed by atoms with Crippen molar-refractivity contribution < 1.29 is 0 Å². The second-order valence-corrected chi connectivity index (χ2v) is 3.74. The molecule has 1 rings (SSSR count). The number of rotatable bonds is 3. The summed E-state index contributed by atoms with van der Waals surface area (Å²) < 4.78 is 0. The van der Waals surface area contributed by atoms with Crippen LogP contribution in [-0.2, 0) is 0 Å². The van der Waals surface area contributed by atoms with Gasteiger partial charge in [0.05, 0.1) is 0 Å². The summed E-state index contributed by atoms with van der Waals surface area (Å²) in [6.07, 6.45) is 5.63. The van der Waals surface area contributed by atoms with Gasteiger partial charge in [-0.3, -0.25) is 0 Å². The molecule has 0 fully saturated rings. The minimum absolute atomic E-state index is 0.678. The lowest BCUT2D eigenvalue weighted by Gasteiger charge is -2.04. The van der Waals surface area contributed by atoms with E-state index in [1.807, 2.05) is 19.1 Å². The summed E-state index contributed by atoms with van der Waals surface area (Å²) in [7, 11) is 0. The summed E-state index contributed by atoms with van der Waals surface area (Å²) >= 11 is 6.09. The standard InChI is InChI=1S/C14H15Cl/c1-4-6-13(14(15)5-2)12-9-7-11(3)8-10-12/h4-10H,2H2,1,3H3/b6-4-,14-13-. The second kappa shape index (κ2) is 5.57. The molecule has 0 saturated heterocycles. The van der Waals surface area contributed by atoms with Gasteiger partial charge in [-0.05, 0) is 25.0 Å². The van der Waals surface area contributed by atoms with Gasteiger partial charge in [-0.1, -0.05) is 66.2 Å². The quantitative estimate of drug-likeness (QED) is 0.645. The van der Waals surface area contributed by atoms with E-state index in [1.165, 1.54) is 5.56 Å². The summed E-state index contributed by atoms with van der Waals surface area (Å²) in [5, 5.41) is 0.678. The van der Waals surface area contributed by atoms with Gasteiger partial charge >= 0.3 is 0 Å². The topological polar surface area (TPSA) is 0 Å². The van der Waals surface area contributed by atoms with Crippen molar-refractivity contribution in [2.75, 3.05) is 0 Å². The van der Waals surface area contributed by atoms with Crippen LogP contribution in [0.4, 0.5) is 0 Å². The van der Waals surface area contributed by atoms with Crippen molar-refractivity contribution in [2.45, 2.75) is 13.8 Å². The molecule has 0 nitrogen and oxygen atoms in total. The minimum Gasteiger partial charge on any atom is -0.0976 e. The Hall–Kier alpha value is -1.27. The van der Waals surface area contributed by atoms with Crippen LogP contribution >= 0.6 is 11.6 Å². The second-order valence-electron chi connectivity index (χ2n) is 3.33. The van der Waals surface area contributed by atoms with Crippen LogP contribution in [0.1, 0.15) is 18.1 Å². The van der Waals surface area contributed by atoms with Crippen LogP contribution in [0, 0.1) is 6.92 Å². The zero-order chi connectivity index (χ0) is 11.3. The van der Waals surface area contributed by atoms with E-state index in [9.17, 15) is 0 Å². The molecule has 0 atom stereocenters. The number of aryl methyl sites for hydroxylation is 1. The lowest BCUT2D eigenvalue weighted by Crippen LogP contribution is -1.83. The molecule has 0 aliphatic heterocycles. The van der Waals surface area contributed by atoms with Crippen LogP contribution in [-0.4, -0.2) is 0 Å². The highest BCUT2D eigenvalue weighted by Gasteiger charge is 2.01. The average Bonchev–Trinajstić information content (AvgIpc) is 2.26. The van der Waals surface area contributed by atoms with Crippen LogP contribution < -0.4 is 0 Å². The highest BCUT2D eigenvalue weighted by molar-refractivity contribution is 6.34. The van der Waals surface area contributed by atoms with Gasteiger partial charge in [-0.2, -0.15) is 0 Å². The fraction of sp³-hybridized carbons (Fsp3) is 0.143. The Balaban J connectivity index is 3.22. The Morgan fingerprint density at radius 2 is 1.87 bits per heavy atom. The maximum Gasteiger partial charge on any atom is 0.0478 e. The molecule has 78 valence electrons. The van der Waals surface area contributed by atoms with E-state index in [4.69, 9.17) is 11.6 Å². The van der Waals surface area contributed by atoms with Crippen molar-refractivity contribution in [1.82, 2.24) is 0 Å². The van der Waals surface area contributed by atoms with E-state index < -0.39 is 0 Å². The highest BCUT2D eigenvalue weighted by atomic mass is 35.5. The molecule has 0 heterocycles. The van der Waals surface area contributed by atoms with Crippen LogP contribution in [0.25, 0.3) is 5.57 Å². The Labute approximate surface area is 96.6 Å². The molecule has 1 heteroatoms. The van der Waals surface area contributed by atoms with Crippen LogP contribution in [0.5, 0.6) is 0 Å². The molecule has 0 saturated carbocycles. The third-order valence-electron chi connectivity index (χ3n) is 2.13. The van der Waals surface area contributed by atoms with Crippen molar-refractivity contribution >= 4 is 17.2 Å². The van der Waals surface area contributed by atoms with Gasteiger partial charge in [0, 0.05) is 5.03 Å². The van der Waals surface area contributed by atoms with E-state index >= 15 is 0 Å². The summed E-state index contributed by atoms with van der Waals surface area (Å²) in [5.41, 5.74) is 3.37. The molecular weight excluding hydrogens is 204 g/mol. The van der Waals surface area contributed by atoms with E-state index in [0.717, 1.165) is 11.1 Å². The number of benzene rings is 1. The first-order valence-electron chi connectivity index (χ1n) is 4.91.